The Hall–Kier alpha value is -1.92. The maximum absolute atomic E-state index is 12.8. The molecular weight excluding hydrogens is 346 g/mol. The third-order valence-electron chi connectivity index (χ3n) is 5.56. The van der Waals surface area contributed by atoms with Crippen LogP contribution >= 0.6 is 11.3 Å². The minimum absolute atomic E-state index is 0.00187. The molecule has 2 aliphatic rings. The molecule has 1 spiro atoms. The smallest absolute Gasteiger partial charge is 0.318 e. The SMILES string of the molecule is CCc1nc(CNC(=O)N2CC3(CCOCC3)C2c2ccccc2)cs1. The minimum atomic E-state index is 0.00187. The van der Waals surface area contributed by atoms with Crippen LogP contribution in [0.15, 0.2) is 35.7 Å². The van der Waals surface area contributed by atoms with Gasteiger partial charge in [0.2, 0.25) is 0 Å². The first-order valence-corrected chi connectivity index (χ1v) is 10.2. The molecule has 5 nitrogen and oxygen atoms in total. The van der Waals surface area contributed by atoms with Crippen LogP contribution in [0.5, 0.6) is 0 Å². The van der Waals surface area contributed by atoms with Crippen LogP contribution in [0.25, 0.3) is 0 Å². The predicted octanol–water partition coefficient (Wildman–Crippen LogP) is 3.77. The number of urea groups is 1. The summed E-state index contributed by atoms with van der Waals surface area (Å²) in [5, 5.41) is 6.20. The number of aryl methyl sites for hydroxylation is 1. The summed E-state index contributed by atoms with van der Waals surface area (Å²) in [6.45, 7) is 4.97. The Morgan fingerprint density at radius 3 is 2.81 bits per heavy atom. The van der Waals surface area contributed by atoms with E-state index in [1.54, 1.807) is 11.3 Å². The first-order valence-electron chi connectivity index (χ1n) is 9.32. The molecular formula is C20H25N3O2S. The van der Waals surface area contributed by atoms with Crippen molar-refractivity contribution in [2.45, 2.75) is 38.8 Å². The third kappa shape index (κ3) is 3.23. The number of aromatic nitrogens is 1. The number of rotatable bonds is 4. The highest BCUT2D eigenvalue weighted by Crippen LogP contribution is 2.54. The summed E-state index contributed by atoms with van der Waals surface area (Å²) in [7, 11) is 0. The second-order valence-electron chi connectivity index (χ2n) is 7.16. The summed E-state index contributed by atoms with van der Waals surface area (Å²) < 4.78 is 5.57. The third-order valence-corrected chi connectivity index (χ3v) is 6.61. The van der Waals surface area contributed by atoms with E-state index in [1.165, 1.54) is 5.56 Å². The number of ether oxygens (including phenoxy) is 1. The molecule has 4 rings (SSSR count). The Bertz CT molecular complexity index is 755. The van der Waals surface area contributed by atoms with Crippen molar-refractivity contribution < 1.29 is 9.53 Å². The summed E-state index contributed by atoms with van der Waals surface area (Å²) in [6, 6.07) is 10.5. The van der Waals surface area contributed by atoms with Crippen molar-refractivity contribution >= 4 is 17.4 Å². The first kappa shape index (κ1) is 17.5. The molecule has 2 saturated heterocycles. The van der Waals surface area contributed by atoms with Gasteiger partial charge in [-0.1, -0.05) is 37.3 Å². The molecule has 3 heterocycles. The van der Waals surface area contributed by atoms with Crippen molar-refractivity contribution in [2.75, 3.05) is 19.8 Å². The first-order chi connectivity index (χ1) is 12.7. The number of benzene rings is 1. The fourth-order valence-corrected chi connectivity index (χ4v) is 4.91. The van der Waals surface area contributed by atoms with E-state index >= 15 is 0 Å². The van der Waals surface area contributed by atoms with Crippen LogP contribution in [0.1, 0.15) is 42.1 Å². The molecule has 6 heteroatoms. The van der Waals surface area contributed by atoms with E-state index in [4.69, 9.17) is 4.74 Å². The zero-order valence-electron chi connectivity index (χ0n) is 15.1. The van der Waals surface area contributed by atoms with Crippen molar-refractivity contribution in [2.24, 2.45) is 5.41 Å². The van der Waals surface area contributed by atoms with Gasteiger partial charge in [-0.15, -0.1) is 11.3 Å². The van der Waals surface area contributed by atoms with E-state index in [0.29, 0.717) is 6.54 Å². The number of carbonyl (C=O) groups excluding carboxylic acids is 1. The van der Waals surface area contributed by atoms with Gasteiger partial charge in [0.1, 0.15) is 0 Å². The summed E-state index contributed by atoms with van der Waals surface area (Å²) in [4.78, 5) is 19.4. The zero-order chi connectivity index (χ0) is 18.0. The van der Waals surface area contributed by atoms with Gasteiger partial charge < -0.3 is 15.0 Å². The number of nitrogens with zero attached hydrogens (tertiary/aromatic N) is 2. The van der Waals surface area contributed by atoms with Crippen LogP contribution < -0.4 is 5.32 Å². The lowest BCUT2D eigenvalue weighted by Crippen LogP contribution is -2.64. The van der Waals surface area contributed by atoms with Gasteiger partial charge in [-0.25, -0.2) is 9.78 Å². The fourth-order valence-electron chi connectivity index (χ4n) is 4.16. The molecule has 1 aromatic heterocycles. The van der Waals surface area contributed by atoms with Crippen LogP contribution in [0.2, 0.25) is 0 Å². The lowest BCUT2D eigenvalue weighted by molar-refractivity contribution is -0.111. The Labute approximate surface area is 158 Å². The summed E-state index contributed by atoms with van der Waals surface area (Å²) in [6.07, 6.45) is 2.97. The highest BCUT2D eigenvalue weighted by atomic mass is 32.1. The van der Waals surface area contributed by atoms with Gasteiger partial charge in [0.05, 0.1) is 23.3 Å². The van der Waals surface area contributed by atoms with Crippen LogP contribution in [0.3, 0.4) is 0 Å². The van der Waals surface area contributed by atoms with Crippen molar-refractivity contribution in [1.29, 1.82) is 0 Å². The van der Waals surface area contributed by atoms with E-state index in [1.807, 2.05) is 16.3 Å². The summed E-state index contributed by atoms with van der Waals surface area (Å²) in [5.74, 6) is 0. The zero-order valence-corrected chi connectivity index (χ0v) is 15.9. The van der Waals surface area contributed by atoms with E-state index in [9.17, 15) is 4.79 Å². The van der Waals surface area contributed by atoms with Gasteiger partial charge in [-0.3, -0.25) is 0 Å². The highest BCUT2D eigenvalue weighted by molar-refractivity contribution is 7.09. The Morgan fingerprint density at radius 2 is 2.12 bits per heavy atom. The van der Waals surface area contributed by atoms with E-state index in [-0.39, 0.29) is 17.5 Å². The number of hydrogen-bond donors (Lipinski definition) is 1. The Kier molecular flexibility index (Phi) is 4.96. The lowest BCUT2D eigenvalue weighted by Gasteiger charge is -2.59. The minimum Gasteiger partial charge on any atom is -0.381 e. The molecule has 0 saturated carbocycles. The molecule has 2 amide bonds. The highest BCUT2D eigenvalue weighted by Gasteiger charge is 2.55. The molecule has 1 aromatic carbocycles. The lowest BCUT2D eigenvalue weighted by atomic mass is 9.64. The topological polar surface area (TPSA) is 54.5 Å². The largest absolute Gasteiger partial charge is 0.381 e. The maximum atomic E-state index is 12.8. The van der Waals surface area contributed by atoms with Crippen molar-refractivity contribution in [3.05, 3.63) is 52.0 Å². The van der Waals surface area contributed by atoms with Gasteiger partial charge >= 0.3 is 6.03 Å². The van der Waals surface area contributed by atoms with Crippen molar-refractivity contribution in [3.63, 3.8) is 0 Å². The quantitative estimate of drug-likeness (QED) is 0.890. The number of carbonyl (C=O) groups is 1. The number of hydrogen-bond acceptors (Lipinski definition) is 4. The summed E-state index contributed by atoms with van der Waals surface area (Å²) in [5.41, 5.74) is 2.32. The standard InChI is InChI=1S/C20H25N3O2S/c1-2-17-22-16(13-26-17)12-21-19(24)23-14-20(8-10-25-11-9-20)18(23)15-6-4-3-5-7-15/h3-7,13,18H,2,8-12,14H2,1H3,(H,21,24). The van der Waals surface area contributed by atoms with Crippen molar-refractivity contribution in [1.82, 2.24) is 15.2 Å². The fraction of sp³-hybridized carbons (Fsp3) is 0.500. The summed E-state index contributed by atoms with van der Waals surface area (Å²) >= 11 is 1.65. The Balaban J connectivity index is 1.47. The monoisotopic (exact) mass is 371 g/mol. The molecule has 0 radical (unpaired) electrons. The normalized spacial score (nSPS) is 21.4. The molecule has 0 aliphatic carbocycles. The molecule has 0 bridgehead atoms. The predicted molar refractivity (Wildman–Crippen MR) is 102 cm³/mol. The van der Waals surface area contributed by atoms with Crippen LogP contribution in [-0.4, -0.2) is 35.7 Å². The second kappa shape index (κ2) is 7.37. The number of thiazole rings is 1. The van der Waals surface area contributed by atoms with Gasteiger partial charge in [0, 0.05) is 30.6 Å². The second-order valence-corrected chi connectivity index (χ2v) is 8.10. The van der Waals surface area contributed by atoms with Crippen LogP contribution in [-0.2, 0) is 17.7 Å². The van der Waals surface area contributed by atoms with Crippen LogP contribution in [0.4, 0.5) is 4.79 Å². The van der Waals surface area contributed by atoms with Crippen molar-refractivity contribution in [3.8, 4) is 0 Å². The molecule has 2 fully saturated rings. The van der Waals surface area contributed by atoms with Crippen LogP contribution in [0, 0.1) is 5.41 Å². The average molecular weight is 372 g/mol. The van der Waals surface area contributed by atoms with E-state index < -0.39 is 0 Å². The molecule has 138 valence electrons. The number of nitrogens with one attached hydrogen (secondary N) is 1. The van der Waals surface area contributed by atoms with Gasteiger partial charge in [-0.05, 0) is 24.8 Å². The molecule has 1 unspecified atom stereocenters. The Morgan fingerprint density at radius 1 is 1.35 bits per heavy atom. The number of amides is 2. The van der Waals surface area contributed by atoms with Gasteiger partial charge in [0.25, 0.3) is 0 Å². The number of likely N-dealkylation sites (tertiary alicyclic amines) is 1. The maximum Gasteiger partial charge on any atom is 0.318 e. The van der Waals surface area contributed by atoms with Gasteiger partial charge in [-0.2, -0.15) is 0 Å². The molecule has 2 aliphatic heterocycles. The molecule has 2 aromatic rings. The van der Waals surface area contributed by atoms with E-state index in [2.05, 4.69) is 41.5 Å². The van der Waals surface area contributed by atoms with Gasteiger partial charge in [0.15, 0.2) is 0 Å². The molecule has 1 atom stereocenters. The molecule has 26 heavy (non-hydrogen) atoms. The molecule has 1 N–H and O–H groups in total. The average Bonchev–Trinajstić information content (AvgIpc) is 3.14. The van der Waals surface area contributed by atoms with E-state index in [0.717, 1.165) is 49.7 Å².